The van der Waals surface area contributed by atoms with E-state index in [4.69, 9.17) is 19.3 Å². The molecule has 0 aromatic carbocycles. The van der Waals surface area contributed by atoms with E-state index in [1.54, 1.807) is 0 Å². The summed E-state index contributed by atoms with van der Waals surface area (Å²) in [6.07, 6.45) is 37.8. The van der Waals surface area contributed by atoms with E-state index in [2.05, 4.69) is 30.5 Å². The van der Waals surface area contributed by atoms with Gasteiger partial charge in [-0.05, 0) is 38.5 Å². The molecule has 0 amide bonds. The van der Waals surface area contributed by atoms with E-state index in [0.29, 0.717) is 13.0 Å². The van der Waals surface area contributed by atoms with Gasteiger partial charge in [0.25, 0.3) is 0 Å². The number of phosphoric acid groups is 1. The van der Waals surface area contributed by atoms with Gasteiger partial charge in [-0.1, -0.05) is 161 Å². The largest absolute Gasteiger partial charge is 0.469 e. The van der Waals surface area contributed by atoms with Crippen LogP contribution in [0.25, 0.3) is 0 Å². The molecule has 0 saturated carbocycles. The molecule has 2 N–H and O–H groups in total. The third kappa shape index (κ3) is 37.6. The topological polar surface area (TPSA) is 102 Å². The molecule has 0 aliphatic heterocycles. The normalized spacial score (nSPS) is 12.7. The molecule has 0 heterocycles. The second-order valence-corrected chi connectivity index (χ2v) is 14.1. The first-order valence-electron chi connectivity index (χ1n) is 19.0. The standard InChI is InChI=1S/C37H73O7P/c1-3-5-7-9-11-13-15-17-18-19-21-23-25-27-29-31-33-42-36(35-44-45(39,40)41)34-43-37(38)32-30-28-26-24-22-20-16-14-12-10-8-6-4-2/h17-18,36H,3-16,19-35H2,1-2H3,(H2,39,40,41)/b18-17-. The second kappa shape index (κ2) is 34.6. The lowest BCUT2D eigenvalue weighted by Gasteiger charge is -2.18. The summed E-state index contributed by atoms with van der Waals surface area (Å²) in [5, 5.41) is 0. The van der Waals surface area contributed by atoms with E-state index in [1.165, 1.54) is 128 Å². The average molecular weight is 661 g/mol. The Hall–Kier alpha value is -0.720. The van der Waals surface area contributed by atoms with Crippen LogP contribution >= 0.6 is 7.82 Å². The molecule has 7 nitrogen and oxygen atoms in total. The van der Waals surface area contributed by atoms with Crippen LogP contribution in [-0.4, -0.2) is 41.7 Å². The fourth-order valence-corrected chi connectivity index (χ4v) is 5.83. The molecule has 0 bridgehead atoms. The molecular formula is C37H73O7P. The van der Waals surface area contributed by atoms with Crippen LogP contribution in [0, 0.1) is 0 Å². The van der Waals surface area contributed by atoms with Crippen molar-refractivity contribution < 1.29 is 33.1 Å². The van der Waals surface area contributed by atoms with Gasteiger partial charge >= 0.3 is 13.8 Å². The third-order valence-electron chi connectivity index (χ3n) is 8.35. The minimum Gasteiger partial charge on any atom is -0.463 e. The monoisotopic (exact) mass is 661 g/mol. The molecule has 0 aliphatic rings. The Morgan fingerprint density at radius 3 is 1.42 bits per heavy atom. The fourth-order valence-electron chi connectivity index (χ4n) is 5.47. The van der Waals surface area contributed by atoms with Crippen molar-refractivity contribution in [3.8, 4) is 0 Å². The quantitative estimate of drug-likeness (QED) is 0.0298. The van der Waals surface area contributed by atoms with Gasteiger partial charge in [-0.3, -0.25) is 9.32 Å². The molecule has 8 heteroatoms. The van der Waals surface area contributed by atoms with E-state index in [0.717, 1.165) is 44.9 Å². The lowest BCUT2D eigenvalue weighted by atomic mass is 10.0. The van der Waals surface area contributed by atoms with Gasteiger partial charge in [-0.25, -0.2) is 4.57 Å². The fraction of sp³-hybridized carbons (Fsp3) is 0.919. The van der Waals surface area contributed by atoms with E-state index >= 15 is 0 Å². The van der Waals surface area contributed by atoms with Gasteiger partial charge in [-0.2, -0.15) is 0 Å². The maximum absolute atomic E-state index is 12.2. The van der Waals surface area contributed by atoms with Crippen LogP contribution in [0.1, 0.15) is 194 Å². The number of hydrogen-bond donors (Lipinski definition) is 2. The summed E-state index contributed by atoms with van der Waals surface area (Å²) in [4.78, 5) is 30.4. The minimum absolute atomic E-state index is 0.0519. The number of esters is 1. The summed E-state index contributed by atoms with van der Waals surface area (Å²) in [6.45, 7) is 4.61. The maximum Gasteiger partial charge on any atom is 0.469 e. The third-order valence-corrected chi connectivity index (χ3v) is 8.84. The van der Waals surface area contributed by atoms with Crippen molar-refractivity contribution >= 4 is 13.8 Å². The zero-order valence-electron chi connectivity index (χ0n) is 29.5. The second-order valence-electron chi connectivity index (χ2n) is 12.9. The van der Waals surface area contributed by atoms with Crippen molar-refractivity contribution in [2.24, 2.45) is 0 Å². The summed E-state index contributed by atoms with van der Waals surface area (Å²) in [5.41, 5.74) is 0. The molecule has 1 atom stereocenters. The van der Waals surface area contributed by atoms with Crippen molar-refractivity contribution in [1.29, 1.82) is 0 Å². The zero-order chi connectivity index (χ0) is 33.1. The maximum atomic E-state index is 12.2. The summed E-state index contributed by atoms with van der Waals surface area (Å²) in [5.74, 6) is -0.292. The van der Waals surface area contributed by atoms with Crippen LogP contribution in [0.5, 0.6) is 0 Å². The highest BCUT2D eigenvalue weighted by atomic mass is 31.2. The van der Waals surface area contributed by atoms with E-state index in [1.807, 2.05) is 0 Å². The van der Waals surface area contributed by atoms with Crippen LogP contribution in [0.3, 0.4) is 0 Å². The minimum atomic E-state index is -4.61. The molecular weight excluding hydrogens is 587 g/mol. The van der Waals surface area contributed by atoms with Crippen LogP contribution < -0.4 is 0 Å². The van der Waals surface area contributed by atoms with Gasteiger partial charge in [0.2, 0.25) is 0 Å². The van der Waals surface area contributed by atoms with Crippen LogP contribution in [0.15, 0.2) is 12.2 Å². The molecule has 0 saturated heterocycles. The van der Waals surface area contributed by atoms with Crippen molar-refractivity contribution in [2.45, 2.75) is 200 Å². The van der Waals surface area contributed by atoms with Crippen molar-refractivity contribution in [3.63, 3.8) is 0 Å². The number of carbonyl (C=O) groups excluding carboxylic acids is 1. The van der Waals surface area contributed by atoms with Crippen LogP contribution in [0.2, 0.25) is 0 Å². The summed E-state index contributed by atoms with van der Waals surface area (Å²) >= 11 is 0. The number of phosphoric ester groups is 1. The highest BCUT2D eigenvalue weighted by Crippen LogP contribution is 2.35. The summed E-state index contributed by atoms with van der Waals surface area (Å²) in [6, 6.07) is 0. The Balaban J connectivity index is 3.81. The number of allylic oxidation sites excluding steroid dienone is 2. The molecule has 0 spiro atoms. The Morgan fingerprint density at radius 1 is 0.578 bits per heavy atom. The molecule has 0 radical (unpaired) electrons. The van der Waals surface area contributed by atoms with Gasteiger partial charge in [0.05, 0.1) is 6.61 Å². The first kappa shape index (κ1) is 44.3. The SMILES string of the molecule is CCCCCCCC/C=C\CCCCCCCCOC(COC(=O)CCCCCCCCCCCCCCC)COP(=O)(O)O. The Bertz CT molecular complexity index is 694. The van der Waals surface area contributed by atoms with Crippen molar-refractivity contribution in [1.82, 2.24) is 0 Å². The zero-order valence-corrected chi connectivity index (χ0v) is 30.4. The van der Waals surface area contributed by atoms with Crippen LogP contribution in [0.4, 0.5) is 0 Å². The molecule has 1 unspecified atom stereocenters. The number of carbonyl (C=O) groups is 1. The smallest absolute Gasteiger partial charge is 0.463 e. The molecule has 0 aliphatic carbocycles. The molecule has 0 aromatic rings. The molecule has 0 aromatic heterocycles. The van der Waals surface area contributed by atoms with Crippen molar-refractivity contribution in [2.75, 3.05) is 19.8 Å². The lowest BCUT2D eigenvalue weighted by molar-refractivity contribution is -0.149. The van der Waals surface area contributed by atoms with Gasteiger partial charge in [0, 0.05) is 13.0 Å². The van der Waals surface area contributed by atoms with Gasteiger partial charge in [-0.15, -0.1) is 0 Å². The number of rotatable bonds is 36. The highest BCUT2D eigenvalue weighted by Gasteiger charge is 2.20. The first-order valence-corrected chi connectivity index (χ1v) is 20.5. The number of hydrogen-bond acceptors (Lipinski definition) is 5. The van der Waals surface area contributed by atoms with E-state index < -0.39 is 13.9 Å². The number of ether oxygens (including phenoxy) is 2. The van der Waals surface area contributed by atoms with Gasteiger partial charge in [0.1, 0.15) is 12.7 Å². The first-order chi connectivity index (χ1) is 21.9. The summed E-state index contributed by atoms with van der Waals surface area (Å²) in [7, 11) is -4.61. The molecule has 0 fully saturated rings. The number of unbranched alkanes of at least 4 members (excludes halogenated alkanes) is 24. The predicted octanol–water partition coefficient (Wildman–Crippen LogP) is 11.5. The van der Waals surface area contributed by atoms with E-state index in [9.17, 15) is 9.36 Å². The van der Waals surface area contributed by atoms with Crippen LogP contribution in [-0.2, 0) is 23.4 Å². The molecule has 0 rings (SSSR count). The summed E-state index contributed by atoms with van der Waals surface area (Å²) < 4.78 is 26.9. The average Bonchev–Trinajstić information content (AvgIpc) is 3.01. The Kier molecular flexibility index (Phi) is 34.1. The predicted molar refractivity (Wildman–Crippen MR) is 188 cm³/mol. The van der Waals surface area contributed by atoms with Gasteiger partial charge in [0.15, 0.2) is 0 Å². The highest BCUT2D eigenvalue weighted by molar-refractivity contribution is 7.46. The van der Waals surface area contributed by atoms with Crippen molar-refractivity contribution in [3.05, 3.63) is 12.2 Å². The van der Waals surface area contributed by atoms with E-state index in [-0.39, 0.29) is 19.2 Å². The Labute approximate surface area is 278 Å². The molecule has 268 valence electrons. The van der Waals surface area contributed by atoms with Gasteiger partial charge < -0.3 is 19.3 Å². The lowest BCUT2D eigenvalue weighted by Crippen LogP contribution is -2.27. The Morgan fingerprint density at radius 2 is 0.978 bits per heavy atom. The molecule has 45 heavy (non-hydrogen) atoms.